The first-order chi connectivity index (χ1) is 17.2. The maximum atomic E-state index is 9.93. The second-order valence-corrected chi connectivity index (χ2v) is 9.48. The fourth-order valence-electron chi connectivity index (χ4n) is 6.61. The number of para-hydroxylation sites is 1. The van der Waals surface area contributed by atoms with Gasteiger partial charge in [-0.05, 0) is 56.6 Å². The fraction of sp³-hybridized carbons (Fsp3) is 0.0323. The Morgan fingerprint density at radius 2 is 1.11 bits per heavy atom. The minimum absolute atomic E-state index is 0.380. The van der Waals surface area contributed by atoms with Gasteiger partial charge in [0.15, 0.2) is 0 Å². The van der Waals surface area contributed by atoms with Gasteiger partial charge in [-0.3, -0.25) is 0 Å². The maximum Gasteiger partial charge on any atom is 0.492 e. The summed E-state index contributed by atoms with van der Waals surface area (Å²) in [5.41, 5.74) is 11.3. The summed E-state index contributed by atoms with van der Waals surface area (Å²) in [7, 11) is -1.59. The minimum Gasteiger partial charge on any atom is -0.456 e. The van der Waals surface area contributed by atoms with Crippen LogP contribution in [0.4, 0.5) is 0 Å². The Morgan fingerprint density at radius 1 is 0.543 bits per heavy atom. The van der Waals surface area contributed by atoms with Crippen molar-refractivity contribution in [3.8, 4) is 22.3 Å². The van der Waals surface area contributed by atoms with Crippen molar-refractivity contribution in [3.05, 3.63) is 125 Å². The molecule has 0 bridgehead atoms. The molecular formula is C31H19BO3. The van der Waals surface area contributed by atoms with Gasteiger partial charge in [-0.1, -0.05) is 91.0 Å². The van der Waals surface area contributed by atoms with Gasteiger partial charge in [0.05, 0.1) is 5.41 Å². The molecule has 2 aliphatic rings. The highest BCUT2D eigenvalue weighted by Crippen LogP contribution is 2.63. The van der Waals surface area contributed by atoms with Crippen LogP contribution in [-0.2, 0) is 5.41 Å². The highest BCUT2D eigenvalue weighted by Gasteiger charge is 2.51. The highest BCUT2D eigenvalue weighted by molar-refractivity contribution is 6.61. The summed E-state index contributed by atoms with van der Waals surface area (Å²) in [4.78, 5) is 0. The van der Waals surface area contributed by atoms with Crippen molar-refractivity contribution in [1.29, 1.82) is 0 Å². The van der Waals surface area contributed by atoms with Crippen LogP contribution < -0.4 is 5.46 Å². The molecule has 3 nitrogen and oxygen atoms in total. The molecule has 1 aromatic heterocycles. The van der Waals surface area contributed by atoms with Gasteiger partial charge >= 0.3 is 7.12 Å². The van der Waals surface area contributed by atoms with Crippen molar-refractivity contribution in [2.75, 3.05) is 0 Å². The van der Waals surface area contributed by atoms with E-state index in [9.17, 15) is 10.0 Å². The summed E-state index contributed by atoms with van der Waals surface area (Å²) in [6.07, 6.45) is 0. The lowest BCUT2D eigenvalue weighted by atomic mass is 9.70. The molecule has 0 fully saturated rings. The predicted octanol–water partition coefficient (Wildman–Crippen LogP) is 5.61. The van der Waals surface area contributed by atoms with E-state index in [-0.39, 0.29) is 0 Å². The molecule has 5 aromatic carbocycles. The SMILES string of the molecule is OB(O)c1cccc2c1oc1cc3c(cc12)C1(c2ccccc2-c2ccccc21)c1ccccc1-3. The van der Waals surface area contributed by atoms with Crippen LogP contribution in [0.25, 0.3) is 44.2 Å². The fourth-order valence-corrected chi connectivity index (χ4v) is 6.61. The van der Waals surface area contributed by atoms with E-state index < -0.39 is 12.5 Å². The molecule has 0 amide bonds. The molecule has 0 saturated heterocycles. The van der Waals surface area contributed by atoms with E-state index in [1.54, 1.807) is 6.07 Å². The second-order valence-electron chi connectivity index (χ2n) is 9.48. The number of furan rings is 1. The third-order valence-electron chi connectivity index (χ3n) is 7.92. The van der Waals surface area contributed by atoms with Crippen molar-refractivity contribution >= 4 is 34.5 Å². The normalized spacial score (nSPS) is 14.2. The molecule has 4 heteroatoms. The van der Waals surface area contributed by atoms with Gasteiger partial charge in [0, 0.05) is 16.2 Å². The van der Waals surface area contributed by atoms with Crippen LogP contribution in [-0.4, -0.2) is 17.2 Å². The first-order valence-corrected chi connectivity index (χ1v) is 11.8. The Balaban J connectivity index is 1.57. The van der Waals surface area contributed by atoms with Gasteiger partial charge < -0.3 is 14.5 Å². The van der Waals surface area contributed by atoms with E-state index in [2.05, 4.69) is 84.9 Å². The topological polar surface area (TPSA) is 53.6 Å². The lowest BCUT2D eigenvalue weighted by molar-refractivity contribution is 0.425. The lowest BCUT2D eigenvalue weighted by Gasteiger charge is -2.30. The summed E-state index contributed by atoms with van der Waals surface area (Å²) in [5.74, 6) is 0. The highest BCUT2D eigenvalue weighted by atomic mass is 16.4. The Labute approximate surface area is 202 Å². The van der Waals surface area contributed by atoms with Crippen molar-refractivity contribution in [2.24, 2.45) is 0 Å². The molecule has 0 unspecified atom stereocenters. The van der Waals surface area contributed by atoms with Gasteiger partial charge in [-0.25, -0.2) is 0 Å². The molecule has 2 aliphatic carbocycles. The van der Waals surface area contributed by atoms with Gasteiger partial charge in [0.25, 0.3) is 0 Å². The van der Waals surface area contributed by atoms with Crippen molar-refractivity contribution in [1.82, 2.24) is 0 Å². The number of fused-ring (bicyclic) bond motifs is 13. The Morgan fingerprint density at radius 3 is 1.71 bits per heavy atom. The van der Waals surface area contributed by atoms with Crippen LogP contribution in [0.3, 0.4) is 0 Å². The number of rotatable bonds is 1. The number of benzene rings is 5. The second kappa shape index (κ2) is 6.51. The molecular weight excluding hydrogens is 431 g/mol. The molecule has 2 N–H and O–H groups in total. The van der Waals surface area contributed by atoms with Crippen LogP contribution in [0.5, 0.6) is 0 Å². The third kappa shape index (κ3) is 2.20. The van der Waals surface area contributed by atoms with Crippen molar-refractivity contribution in [2.45, 2.75) is 5.41 Å². The van der Waals surface area contributed by atoms with Crippen LogP contribution in [0.2, 0.25) is 0 Å². The minimum atomic E-state index is -1.59. The summed E-state index contributed by atoms with van der Waals surface area (Å²) < 4.78 is 6.26. The first-order valence-electron chi connectivity index (χ1n) is 11.8. The molecule has 1 spiro atoms. The van der Waals surface area contributed by atoms with E-state index in [0.29, 0.717) is 11.0 Å². The van der Waals surface area contributed by atoms with Gasteiger partial charge in [-0.2, -0.15) is 0 Å². The largest absolute Gasteiger partial charge is 0.492 e. The first kappa shape index (κ1) is 19.2. The third-order valence-corrected chi connectivity index (χ3v) is 7.92. The van der Waals surface area contributed by atoms with E-state index >= 15 is 0 Å². The van der Waals surface area contributed by atoms with Gasteiger partial charge in [0.1, 0.15) is 11.2 Å². The molecule has 1 heterocycles. The summed E-state index contributed by atoms with van der Waals surface area (Å²) in [5, 5.41) is 21.7. The quantitative estimate of drug-likeness (QED) is 0.320. The number of hydrogen-bond acceptors (Lipinski definition) is 3. The zero-order valence-electron chi connectivity index (χ0n) is 18.7. The summed E-state index contributed by atoms with van der Waals surface area (Å²) >= 11 is 0. The van der Waals surface area contributed by atoms with Crippen LogP contribution in [0.1, 0.15) is 22.3 Å². The number of hydrogen-bond donors (Lipinski definition) is 2. The molecule has 6 aromatic rings. The molecule has 35 heavy (non-hydrogen) atoms. The molecule has 0 radical (unpaired) electrons. The van der Waals surface area contributed by atoms with Gasteiger partial charge in [0.2, 0.25) is 0 Å². The average Bonchev–Trinajstić information content (AvgIpc) is 3.51. The van der Waals surface area contributed by atoms with Crippen LogP contribution >= 0.6 is 0 Å². The Bertz CT molecular complexity index is 1800. The van der Waals surface area contributed by atoms with E-state index in [1.807, 2.05) is 12.1 Å². The standard InChI is InChI=1S/C31H19BO3/c33-32(34)28-15-7-11-21-23-16-27-22(17-29(23)35-30(21)28)20-10-3-6-14-26(20)31(27)24-12-4-1-8-18(24)19-9-2-5-13-25(19)31/h1-17,33-34H. The molecule has 0 aliphatic heterocycles. The zero-order valence-corrected chi connectivity index (χ0v) is 18.7. The zero-order chi connectivity index (χ0) is 23.3. The molecule has 0 saturated carbocycles. The van der Waals surface area contributed by atoms with Crippen molar-refractivity contribution in [3.63, 3.8) is 0 Å². The Kier molecular flexibility index (Phi) is 3.57. The maximum absolute atomic E-state index is 9.93. The van der Waals surface area contributed by atoms with E-state index in [4.69, 9.17) is 4.42 Å². The van der Waals surface area contributed by atoms with E-state index in [1.165, 1.54) is 38.9 Å². The molecule has 164 valence electrons. The predicted molar refractivity (Wildman–Crippen MR) is 140 cm³/mol. The monoisotopic (exact) mass is 450 g/mol. The Hall–Kier alpha value is -4.12. The van der Waals surface area contributed by atoms with E-state index in [0.717, 1.165) is 21.9 Å². The van der Waals surface area contributed by atoms with Crippen LogP contribution in [0.15, 0.2) is 108 Å². The van der Waals surface area contributed by atoms with Crippen molar-refractivity contribution < 1.29 is 14.5 Å². The molecule has 8 rings (SSSR count). The summed E-state index contributed by atoms with van der Waals surface area (Å²) in [6, 6.07) is 36.1. The summed E-state index contributed by atoms with van der Waals surface area (Å²) in [6.45, 7) is 0. The average molecular weight is 450 g/mol. The molecule has 0 atom stereocenters. The smallest absolute Gasteiger partial charge is 0.456 e. The van der Waals surface area contributed by atoms with Gasteiger partial charge in [-0.15, -0.1) is 0 Å². The lowest BCUT2D eigenvalue weighted by Crippen LogP contribution is -2.29. The van der Waals surface area contributed by atoms with Crippen LogP contribution in [0, 0.1) is 0 Å².